The molecule has 1 aliphatic carbocycles. The fourth-order valence-corrected chi connectivity index (χ4v) is 29.0. The molecule has 1 saturated carbocycles. The highest BCUT2D eigenvalue weighted by molar-refractivity contribution is 6.88. The topological polar surface area (TPSA) is 58.7 Å². The van der Waals surface area contributed by atoms with Gasteiger partial charge in [0.1, 0.15) is 0 Å². The Bertz CT molecular complexity index is 1080. The first kappa shape index (κ1) is 32.7. The smallest absolute Gasteiger partial charge is 0.362 e. The first-order valence-corrected chi connectivity index (χ1v) is 27.0. The van der Waals surface area contributed by atoms with Crippen LogP contribution in [0.4, 0.5) is 0 Å². The van der Waals surface area contributed by atoms with Crippen LogP contribution in [0.3, 0.4) is 0 Å². The standard InChI is InChI=1S/C31H50O6Si5/c1-25(28-14-10-8-11-15-28)23-41(6)35-38(3)33-40(5,21-20-27-18-19-30-31(22-27)32-30)34-39(4)36-42(7,37-41)24-26(2)29-16-12-9-13-17-29/h8-17,25-27,30-31H,18-24H2,1-7H3. The number of epoxide rings is 1. The van der Waals surface area contributed by atoms with E-state index in [-0.39, 0.29) is 0 Å². The van der Waals surface area contributed by atoms with Crippen molar-refractivity contribution in [3.63, 3.8) is 0 Å². The summed E-state index contributed by atoms with van der Waals surface area (Å²) in [5.74, 6) is 1.33. The highest BCUT2D eigenvalue weighted by Gasteiger charge is 2.51. The molecule has 2 radical (unpaired) electrons. The van der Waals surface area contributed by atoms with Crippen LogP contribution in [0.1, 0.15) is 62.5 Å². The Morgan fingerprint density at radius 3 is 1.64 bits per heavy atom. The first-order valence-electron chi connectivity index (χ1n) is 15.8. The summed E-state index contributed by atoms with van der Waals surface area (Å²) in [5.41, 5.74) is 2.64. The van der Waals surface area contributed by atoms with Crippen LogP contribution >= 0.6 is 0 Å². The molecule has 2 saturated heterocycles. The van der Waals surface area contributed by atoms with Crippen LogP contribution in [0.15, 0.2) is 60.7 Å². The van der Waals surface area contributed by atoms with Gasteiger partial charge in [-0.15, -0.1) is 0 Å². The first-order chi connectivity index (χ1) is 19.9. The van der Waals surface area contributed by atoms with Crippen molar-refractivity contribution < 1.29 is 25.3 Å². The molecule has 6 nitrogen and oxygen atoms in total. The molecule has 2 aliphatic heterocycles. The molecule has 2 heterocycles. The third-order valence-corrected chi connectivity index (χ3v) is 27.9. The lowest BCUT2D eigenvalue weighted by Gasteiger charge is -2.44. The van der Waals surface area contributed by atoms with E-state index >= 15 is 0 Å². The zero-order valence-corrected chi connectivity index (χ0v) is 31.6. The average molecular weight is 659 g/mol. The van der Waals surface area contributed by atoms with Crippen LogP contribution < -0.4 is 0 Å². The molecule has 2 aromatic rings. The van der Waals surface area contributed by atoms with Gasteiger partial charge in [0.05, 0.1) is 12.2 Å². The van der Waals surface area contributed by atoms with Gasteiger partial charge in [-0.25, -0.2) is 0 Å². The third kappa shape index (κ3) is 8.93. The largest absolute Gasteiger partial charge is 0.416 e. The molecule has 0 spiro atoms. The summed E-state index contributed by atoms with van der Waals surface area (Å²) < 4.78 is 41.0. The van der Waals surface area contributed by atoms with E-state index in [0.717, 1.165) is 24.6 Å². The second-order valence-electron chi connectivity index (χ2n) is 13.4. The van der Waals surface area contributed by atoms with Gasteiger partial charge in [0.2, 0.25) is 0 Å². The molecule has 0 bridgehead atoms. The second kappa shape index (κ2) is 13.7. The highest BCUT2D eigenvalue weighted by atomic mass is 28.5. The lowest BCUT2D eigenvalue weighted by atomic mass is 9.88. The quantitative estimate of drug-likeness (QED) is 0.201. The molecule has 5 rings (SSSR count). The van der Waals surface area contributed by atoms with Crippen LogP contribution in [0.25, 0.3) is 0 Å². The maximum Gasteiger partial charge on any atom is 0.362 e. The van der Waals surface area contributed by atoms with Crippen molar-refractivity contribution >= 4 is 44.3 Å². The fraction of sp³-hybridized carbons (Fsp3) is 0.613. The summed E-state index contributed by atoms with van der Waals surface area (Å²) in [6, 6.07) is 24.2. The zero-order chi connectivity index (χ0) is 30.0. The molecule has 2 aromatic carbocycles. The van der Waals surface area contributed by atoms with Gasteiger partial charge < -0.3 is 25.3 Å². The number of rotatable bonds is 9. The third-order valence-electron chi connectivity index (χ3n) is 9.08. The van der Waals surface area contributed by atoms with Crippen molar-refractivity contribution in [2.75, 3.05) is 0 Å². The molecular formula is C31H50O6Si5. The molecule has 3 aliphatic rings. The van der Waals surface area contributed by atoms with E-state index in [9.17, 15) is 0 Å². The SMILES string of the molecule is CC(C[Si]1(C)O[Si](C)O[Si](C)(CCC2CCC3OC3C2)O[Si](C)O[Si](C)(CC(C)c2ccccc2)O1)c1ccccc1. The van der Waals surface area contributed by atoms with Crippen LogP contribution in [0.2, 0.25) is 50.9 Å². The van der Waals surface area contributed by atoms with Crippen LogP contribution in [-0.2, 0) is 25.3 Å². The molecule has 0 N–H and O–H groups in total. The lowest BCUT2D eigenvalue weighted by molar-refractivity contribution is 0.244. The number of hydrogen-bond acceptors (Lipinski definition) is 6. The Morgan fingerprint density at radius 1 is 0.690 bits per heavy atom. The molecule has 42 heavy (non-hydrogen) atoms. The van der Waals surface area contributed by atoms with Crippen LogP contribution in [0, 0.1) is 5.92 Å². The van der Waals surface area contributed by atoms with E-state index in [1.165, 1.54) is 30.4 Å². The van der Waals surface area contributed by atoms with Gasteiger partial charge in [-0.2, -0.15) is 0 Å². The van der Waals surface area contributed by atoms with Gasteiger partial charge in [0.25, 0.3) is 0 Å². The average Bonchev–Trinajstić information content (AvgIpc) is 3.70. The van der Waals surface area contributed by atoms with Gasteiger partial charge in [-0.05, 0) is 105 Å². The summed E-state index contributed by atoms with van der Waals surface area (Å²) >= 11 is 0. The Morgan fingerprint density at radius 2 is 1.17 bits per heavy atom. The van der Waals surface area contributed by atoms with Crippen molar-refractivity contribution in [3.8, 4) is 0 Å². The molecular weight excluding hydrogens is 609 g/mol. The summed E-state index contributed by atoms with van der Waals surface area (Å²) in [7, 11) is -11.2. The molecule has 0 amide bonds. The van der Waals surface area contributed by atoms with E-state index in [0.29, 0.717) is 30.0 Å². The second-order valence-corrected chi connectivity index (χ2v) is 27.5. The van der Waals surface area contributed by atoms with Crippen molar-refractivity contribution in [1.29, 1.82) is 0 Å². The Kier molecular flexibility index (Phi) is 10.7. The van der Waals surface area contributed by atoms with Crippen LogP contribution in [0.5, 0.6) is 0 Å². The van der Waals surface area contributed by atoms with Gasteiger partial charge >= 0.3 is 44.3 Å². The molecule has 7 atom stereocenters. The van der Waals surface area contributed by atoms with Crippen molar-refractivity contribution in [2.24, 2.45) is 5.92 Å². The van der Waals surface area contributed by atoms with Crippen molar-refractivity contribution in [1.82, 2.24) is 0 Å². The zero-order valence-electron chi connectivity index (χ0n) is 26.6. The molecule has 3 fully saturated rings. The fourth-order valence-electron chi connectivity index (χ4n) is 7.17. The molecule has 11 heteroatoms. The minimum atomic E-state index is -2.71. The van der Waals surface area contributed by atoms with Gasteiger partial charge in [0, 0.05) is 0 Å². The number of fused-ring (bicyclic) bond motifs is 1. The van der Waals surface area contributed by atoms with E-state index in [4.69, 9.17) is 25.3 Å². The van der Waals surface area contributed by atoms with E-state index in [1.54, 1.807) is 0 Å². The summed E-state index contributed by atoms with van der Waals surface area (Å²) in [5, 5.41) is 0. The van der Waals surface area contributed by atoms with Crippen LogP contribution in [-0.4, -0.2) is 56.5 Å². The monoisotopic (exact) mass is 658 g/mol. The van der Waals surface area contributed by atoms with Gasteiger partial charge in [-0.3, -0.25) is 0 Å². The summed E-state index contributed by atoms with van der Waals surface area (Å²) in [6.45, 7) is 15.7. The number of benzene rings is 2. The Hall–Kier alpha value is -0.716. The van der Waals surface area contributed by atoms with E-state index < -0.39 is 44.3 Å². The number of ether oxygens (including phenoxy) is 1. The lowest BCUT2D eigenvalue weighted by Crippen LogP contribution is -2.60. The molecule has 230 valence electrons. The van der Waals surface area contributed by atoms with Crippen molar-refractivity contribution in [3.05, 3.63) is 71.8 Å². The van der Waals surface area contributed by atoms with E-state index in [1.807, 2.05) is 0 Å². The number of hydrogen-bond donors (Lipinski definition) is 0. The Labute approximate surface area is 260 Å². The minimum absolute atomic E-state index is 0.316. The normalized spacial score (nSPS) is 36.1. The van der Waals surface area contributed by atoms with Gasteiger partial charge in [-0.1, -0.05) is 74.5 Å². The molecule has 0 aromatic heterocycles. The van der Waals surface area contributed by atoms with Gasteiger partial charge in [0.15, 0.2) is 0 Å². The predicted octanol–water partition coefficient (Wildman–Crippen LogP) is 8.10. The maximum atomic E-state index is 7.29. The minimum Gasteiger partial charge on any atom is -0.416 e. The summed E-state index contributed by atoms with van der Waals surface area (Å²) in [6.07, 6.45) is 5.82. The maximum absolute atomic E-state index is 7.29. The van der Waals surface area contributed by atoms with Crippen molar-refractivity contribution in [2.45, 2.75) is 114 Å². The van der Waals surface area contributed by atoms with E-state index in [2.05, 4.69) is 107 Å². The summed E-state index contributed by atoms with van der Waals surface area (Å²) in [4.78, 5) is 0. The molecule has 7 unspecified atom stereocenters. The Balaban J connectivity index is 1.38. The highest BCUT2D eigenvalue weighted by Crippen LogP contribution is 2.42. The predicted molar refractivity (Wildman–Crippen MR) is 178 cm³/mol.